The van der Waals surface area contributed by atoms with E-state index in [4.69, 9.17) is 36.2 Å². The lowest BCUT2D eigenvalue weighted by atomic mass is 9.95. The first-order valence-corrected chi connectivity index (χ1v) is 18.2. The lowest BCUT2D eigenvalue weighted by Gasteiger charge is -2.38. The fourth-order valence-electron chi connectivity index (χ4n) is 6.68. The summed E-state index contributed by atoms with van der Waals surface area (Å²) >= 11 is 9.29. The third kappa shape index (κ3) is 7.05. The third-order valence-corrected chi connectivity index (χ3v) is 11.1. The number of thiazole rings is 2. The summed E-state index contributed by atoms with van der Waals surface area (Å²) in [6.45, 7) is 3.99. The average Bonchev–Trinajstić information content (AvgIpc) is 3.88. The Bertz CT molecular complexity index is 1840. The van der Waals surface area contributed by atoms with Gasteiger partial charge in [-0.3, -0.25) is 19.6 Å². The lowest BCUT2D eigenvalue weighted by Crippen LogP contribution is -2.53. The van der Waals surface area contributed by atoms with Crippen molar-refractivity contribution in [2.45, 2.75) is 31.0 Å². The van der Waals surface area contributed by atoms with Crippen LogP contribution in [-0.2, 0) is 19.1 Å². The van der Waals surface area contributed by atoms with Crippen LogP contribution in [0.5, 0.6) is 0 Å². The fourth-order valence-corrected chi connectivity index (χ4v) is 8.38. The minimum absolute atomic E-state index is 0.0401. The number of halogens is 2. The van der Waals surface area contributed by atoms with Crippen LogP contribution in [0, 0.1) is 5.82 Å². The van der Waals surface area contributed by atoms with E-state index in [2.05, 4.69) is 20.1 Å². The number of esters is 1. The van der Waals surface area contributed by atoms with Crippen molar-refractivity contribution in [1.82, 2.24) is 25.1 Å². The molecule has 50 heavy (non-hydrogen) atoms. The maximum atomic E-state index is 14.0. The first-order chi connectivity index (χ1) is 24.2. The number of carboxylic acids is 1. The van der Waals surface area contributed by atoms with Gasteiger partial charge in [0.1, 0.15) is 17.7 Å². The minimum Gasteiger partial charge on any atom is -0.481 e. The van der Waals surface area contributed by atoms with E-state index in [0.29, 0.717) is 86.1 Å². The molecular formula is C32H34ClFN8O6S2. The number of nitrogens with one attached hydrogen (secondary N) is 1. The van der Waals surface area contributed by atoms with Crippen molar-refractivity contribution < 1.29 is 33.4 Å². The predicted octanol–water partition coefficient (Wildman–Crippen LogP) is 3.61. The van der Waals surface area contributed by atoms with Crippen LogP contribution in [0.25, 0.3) is 0 Å². The molecule has 7 rings (SSSR count). The number of amides is 2. The Balaban J connectivity index is 1.08. The monoisotopic (exact) mass is 744 g/mol. The molecule has 0 spiro atoms. The van der Waals surface area contributed by atoms with Gasteiger partial charge in [0.2, 0.25) is 0 Å². The smallest absolute Gasteiger partial charge is 0.338 e. The zero-order chi connectivity index (χ0) is 34.9. The maximum absolute atomic E-state index is 14.0. The van der Waals surface area contributed by atoms with Gasteiger partial charge in [-0.1, -0.05) is 17.7 Å². The van der Waals surface area contributed by atoms with E-state index in [0.717, 1.165) is 5.82 Å². The Morgan fingerprint density at radius 1 is 1.20 bits per heavy atom. The van der Waals surface area contributed by atoms with E-state index in [-0.39, 0.29) is 35.2 Å². The van der Waals surface area contributed by atoms with Gasteiger partial charge in [0.05, 0.1) is 38.0 Å². The molecule has 14 nitrogen and oxygen atoms in total. The van der Waals surface area contributed by atoms with E-state index >= 15 is 0 Å². The molecule has 2 N–H and O–H groups in total. The van der Waals surface area contributed by atoms with E-state index in [1.165, 1.54) is 48.0 Å². The SMILES string of the molecule is COC(=O)C1=C(CN2CCN3C(=O)N(c4nc(N5CCO[C@H](CCC(=O)O)C5)cs4)C[C@@H]3C2)NC(c2nccs2)=N[C@H]1c1ccc(F)cc1Cl. The fraction of sp³-hybridized carbons (Fsp3) is 0.438. The number of aromatic nitrogens is 2. The number of carbonyl (C=O) groups excluding carboxylic acids is 2. The Morgan fingerprint density at radius 2 is 2.06 bits per heavy atom. The van der Waals surface area contributed by atoms with E-state index in [1.54, 1.807) is 11.1 Å². The standard InChI is InChI=1S/C32H34ClFN8O6S2/c1-47-30(45)26-23(36-28(29-35-6-11-49-29)38-27(26)21-4-2-18(34)12-22(21)33)16-39-7-8-41-19(13-39)14-42(32(41)46)31-37-24(17-50-31)40-9-10-48-20(15-40)3-5-25(43)44/h2,4,6,11-12,17,19-20,27H,3,5,7-10,13-16H2,1H3,(H,36,38)(H,43,44)/t19-,20+,27-/m0/s1. The van der Waals surface area contributed by atoms with Crippen LogP contribution in [0.3, 0.4) is 0 Å². The summed E-state index contributed by atoms with van der Waals surface area (Å²) in [5, 5.41) is 17.5. The van der Waals surface area contributed by atoms with Crippen molar-refractivity contribution in [2.75, 3.05) is 69.3 Å². The molecule has 2 aromatic heterocycles. The average molecular weight is 745 g/mol. The van der Waals surface area contributed by atoms with Gasteiger partial charge in [0, 0.05) is 78.9 Å². The summed E-state index contributed by atoms with van der Waals surface area (Å²) in [4.78, 5) is 59.8. The predicted molar refractivity (Wildman–Crippen MR) is 186 cm³/mol. The van der Waals surface area contributed by atoms with Gasteiger partial charge < -0.3 is 29.7 Å². The van der Waals surface area contributed by atoms with Gasteiger partial charge >= 0.3 is 18.0 Å². The summed E-state index contributed by atoms with van der Waals surface area (Å²) in [5.41, 5.74) is 1.28. The summed E-state index contributed by atoms with van der Waals surface area (Å²) in [6.07, 6.45) is 1.93. The molecule has 3 aromatic rings. The Morgan fingerprint density at radius 3 is 2.82 bits per heavy atom. The molecule has 4 aliphatic heterocycles. The van der Waals surface area contributed by atoms with Gasteiger partial charge in [-0.05, 0) is 18.6 Å². The number of nitrogens with zero attached hydrogens (tertiary/aromatic N) is 7. The molecule has 18 heteroatoms. The zero-order valence-corrected chi connectivity index (χ0v) is 29.3. The summed E-state index contributed by atoms with van der Waals surface area (Å²) in [5.74, 6) is -0.744. The maximum Gasteiger partial charge on any atom is 0.338 e. The molecule has 0 aliphatic carbocycles. The van der Waals surface area contributed by atoms with Crippen LogP contribution >= 0.6 is 34.3 Å². The number of benzene rings is 1. The zero-order valence-electron chi connectivity index (χ0n) is 27.0. The van der Waals surface area contributed by atoms with Crippen LogP contribution in [0.4, 0.5) is 20.1 Å². The summed E-state index contributed by atoms with van der Waals surface area (Å²) in [7, 11) is 1.30. The number of carbonyl (C=O) groups is 3. The second-order valence-electron chi connectivity index (χ2n) is 12.2. The highest BCUT2D eigenvalue weighted by atomic mass is 35.5. The van der Waals surface area contributed by atoms with Crippen molar-refractivity contribution in [3.8, 4) is 0 Å². The number of aliphatic imine (C=N–C) groups is 1. The number of fused-ring (bicyclic) bond motifs is 1. The number of piperazine rings is 1. The van der Waals surface area contributed by atoms with Crippen LogP contribution in [0.2, 0.25) is 5.02 Å². The molecule has 0 radical (unpaired) electrons. The number of aliphatic carboxylic acids is 1. The van der Waals surface area contributed by atoms with Crippen LogP contribution in [0.1, 0.15) is 29.5 Å². The number of anilines is 2. The first kappa shape index (κ1) is 34.3. The van der Waals surface area contributed by atoms with Crippen molar-refractivity contribution in [3.63, 3.8) is 0 Å². The van der Waals surface area contributed by atoms with Gasteiger partial charge in [-0.2, -0.15) is 0 Å². The number of ether oxygens (including phenoxy) is 2. The third-order valence-electron chi connectivity index (χ3n) is 9.10. The van der Waals surface area contributed by atoms with Gasteiger partial charge in [0.15, 0.2) is 16.0 Å². The lowest BCUT2D eigenvalue weighted by molar-refractivity contribution is -0.138. The van der Waals surface area contributed by atoms with Crippen molar-refractivity contribution in [1.29, 1.82) is 0 Å². The molecule has 3 saturated heterocycles. The second-order valence-corrected chi connectivity index (χ2v) is 14.4. The molecular weight excluding hydrogens is 711 g/mol. The second kappa shape index (κ2) is 14.6. The highest BCUT2D eigenvalue weighted by Gasteiger charge is 2.43. The van der Waals surface area contributed by atoms with Gasteiger partial charge in [-0.25, -0.2) is 23.9 Å². The molecule has 2 amide bonds. The van der Waals surface area contributed by atoms with Gasteiger partial charge in [0.25, 0.3) is 0 Å². The van der Waals surface area contributed by atoms with Crippen molar-refractivity contribution in [3.05, 3.63) is 67.8 Å². The van der Waals surface area contributed by atoms with Crippen LogP contribution in [0.15, 0.2) is 51.4 Å². The molecule has 3 atom stereocenters. The molecule has 3 fully saturated rings. The Hall–Kier alpha value is -4.16. The number of carboxylic acid groups (broad SMARTS) is 1. The number of amidine groups is 1. The number of urea groups is 1. The normalized spacial score (nSPS) is 22.8. The molecule has 1 aromatic carbocycles. The molecule has 6 heterocycles. The van der Waals surface area contributed by atoms with E-state index < -0.39 is 23.8 Å². The molecule has 264 valence electrons. The highest BCUT2D eigenvalue weighted by Crippen LogP contribution is 2.38. The van der Waals surface area contributed by atoms with E-state index in [1.807, 2.05) is 15.7 Å². The number of morpholine rings is 1. The largest absolute Gasteiger partial charge is 0.481 e. The number of rotatable bonds is 10. The van der Waals surface area contributed by atoms with Crippen molar-refractivity contribution >= 4 is 69.0 Å². The molecule has 4 aliphatic rings. The molecule has 0 saturated carbocycles. The summed E-state index contributed by atoms with van der Waals surface area (Å²) < 4.78 is 25.0. The quantitative estimate of drug-likeness (QED) is 0.293. The number of methoxy groups -OCH3 is 1. The minimum atomic E-state index is -0.867. The van der Waals surface area contributed by atoms with Crippen LogP contribution in [-0.4, -0.2) is 120 Å². The summed E-state index contributed by atoms with van der Waals surface area (Å²) in [6, 6.07) is 2.91. The topological polar surface area (TPSA) is 153 Å². The molecule has 0 unspecified atom stereocenters. The highest BCUT2D eigenvalue weighted by molar-refractivity contribution is 7.14. The van der Waals surface area contributed by atoms with Crippen molar-refractivity contribution in [2.24, 2.45) is 4.99 Å². The van der Waals surface area contributed by atoms with E-state index in [9.17, 15) is 18.8 Å². The number of hydrogen-bond acceptors (Lipinski definition) is 13. The number of hydrogen-bond donors (Lipinski definition) is 2. The van der Waals surface area contributed by atoms with Crippen LogP contribution < -0.4 is 15.1 Å². The first-order valence-electron chi connectivity index (χ1n) is 16.0. The van der Waals surface area contributed by atoms with Gasteiger partial charge in [-0.15, -0.1) is 22.7 Å². The Labute approximate surface area is 299 Å². The Kier molecular flexibility index (Phi) is 10.0. The molecule has 0 bridgehead atoms.